The van der Waals surface area contributed by atoms with Gasteiger partial charge in [0.1, 0.15) is 0 Å². The molecule has 0 atom stereocenters. The molecule has 1 aromatic rings. The second-order valence-corrected chi connectivity index (χ2v) is 10.7. The van der Waals surface area contributed by atoms with Gasteiger partial charge in [0.25, 0.3) is 0 Å². The summed E-state index contributed by atoms with van der Waals surface area (Å²) in [6.45, 7) is 13.3. The van der Waals surface area contributed by atoms with Crippen LogP contribution in [-0.2, 0) is 0 Å². The minimum atomic E-state index is -1.89. The lowest BCUT2D eigenvalue weighted by Crippen LogP contribution is -2.48. The fourth-order valence-corrected chi connectivity index (χ4v) is 6.63. The van der Waals surface area contributed by atoms with Crippen molar-refractivity contribution in [1.29, 1.82) is 0 Å². The van der Waals surface area contributed by atoms with Crippen LogP contribution in [0.15, 0.2) is 58.4 Å². The Morgan fingerprint density at radius 1 is 0.792 bits per heavy atom. The van der Waals surface area contributed by atoms with E-state index in [-0.39, 0.29) is 16.2 Å². The van der Waals surface area contributed by atoms with Gasteiger partial charge < -0.3 is 10.2 Å². The van der Waals surface area contributed by atoms with E-state index in [9.17, 15) is 10.2 Å². The molecule has 0 aliphatic heterocycles. The molecule has 0 heterocycles. The molecular weight excluding hydrogens is 336 g/mol. The molecule has 2 N–H and O–H groups in total. The highest BCUT2D eigenvalue weighted by atomic mass is 33.1. The van der Waals surface area contributed by atoms with Crippen LogP contribution in [0.5, 0.6) is 0 Å². The molecule has 1 aromatic carbocycles. The van der Waals surface area contributed by atoms with Crippen molar-refractivity contribution in [3.8, 4) is 0 Å². The quantitative estimate of drug-likeness (QED) is 0.414. The first kappa shape index (κ1) is 19.6. The first-order valence-electron chi connectivity index (χ1n) is 8.17. The third kappa shape index (κ3) is 3.77. The van der Waals surface area contributed by atoms with Crippen molar-refractivity contribution in [3.05, 3.63) is 53.5 Å². The van der Waals surface area contributed by atoms with Gasteiger partial charge in [-0.15, -0.1) is 0 Å². The normalized spacial score (nSPS) is 19.9. The van der Waals surface area contributed by atoms with Gasteiger partial charge in [0.05, 0.1) is 0 Å². The van der Waals surface area contributed by atoms with Crippen LogP contribution in [0.25, 0.3) is 0 Å². The fraction of sp³-hybridized carbons (Fsp3) is 0.500. The topological polar surface area (TPSA) is 40.5 Å². The van der Waals surface area contributed by atoms with Crippen molar-refractivity contribution >= 4 is 21.6 Å². The number of aliphatic hydroxyl groups is 2. The Balaban J connectivity index is 2.46. The predicted octanol–water partition coefficient (Wildman–Crippen LogP) is 5.64. The molecule has 2 nitrogen and oxygen atoms in total. The average Bonchev–Trinajstić information content (AvgIpc) is 2.42. The molecule has 0 saturated heterocycles. The minimum absolute atomic E-state index is 0.0751. The Morgan fingerprint density at radius 2 is 1.33 bits per heavy atom. The molecule has 24 heavy (non-hydrogen) atoms. The van der Waals surface area contributed by atoms with Crippen LogP contribution >= 0.6 is 21.6 Å². The number of hydrogen-bond acceptors (Lipinski definition) is 4. The molecule has 0 fully saturated rings. The largest absolute Gasteiger partial charge is 0.359 e. The summed E-state index contributed by atoms with van der Waals surface area (Å²) in [5.41, 5.74) is -0.440. The lowest BCUT2D eigenvalue weighted by Gasteiger charge is -2.54. The summed E-state index contributed by atoms with van der Waals surface area (Å²) in [5, 5.41) is 20.4. The zero-order valence-corrected chi connectivity index (χ0v) is 17.0. The molecule has 1 aliphatic carbocycles. The van der Waals surface area contributed by atoms with Crippen LogP contribution in [0.4, 0.5) is 0 Å². The molecule has 132 valence electrons. The Kier molecular flexibility index (Phi) is 5.37. The van der Waals surface area contributed by atoms with Gasteiger partial charge in [0.2, 0.25) is 5.79 Å². The Labute approximate surface area is 153 Å². The first-order chi connectivity index (χ1) is 10.9. The summed E-state index contributed by atoms with van der Waals surface area (Å²) in [4.78, 5) is 2.14. The first-order valence-corrected chi connectivity index (χ1v) is 10.3. The van der Waals surface area contributed by atoms with Gasteiger partial charge in [0, 0.05) is 15.2 Å². The summed E-state index contributed by atoms with van der Waals surface area (Å²) in [6, 6.07) is 10.2. The minimum Gasteiger partial charge on any atom is -0.359 e. The van der Waals surface area contributed by atoms with Gasteiger partial charge in [-0.2, -0.15) is 0 Å². The highest BCUT2D eigenvalue weighted by molar-refractivity contribution is 8.78. The van der Waals surface area contributed by atoms with E-state index >= 15 is 0 Å². The highest BCUT2D eigenvalue weighted by Gasteiger charge is 2.53. The average molecular weight is 365 g/mol. The van der Waals surface area contributed by atoms with E-state index in [4.69, 9.17) is 0 Å². The maximum Gasteiger partial charge on any atom is 0.204 e. The molecule has 0 amide bonds. The Morgan fingerprint density at radius 3 is 1.83 bits per heavy atom. The second kappa shape index (κ2) is 6.56. The van der Waals surface area contributed by atoms with Crippen molar-refractivity contribution in [2.75, 3.05) is 0 Å². The van der Waals surface area contributed by atoms with Gasteiger partial charge in [-0.05, 0) is 35.1 Å². The van der Waals surface area contributed by atoms with E-state index in [0.29, 0.717) is 0 Å². The third-order valence-electron chi connectivity index (χ3n) is 4.65. The van der Waals surface area contributed by atoms with Crippen molar-refractivity contribution in [3.63, 3.8) is 0 Å². The SMILES string of the molecule is CC(C)(C)C1(C(C)(C)C)C=CC(O)(O)C=C1SSc1ccccc1. The summed E-state index contributed by atoms with van der Waals surface area (Å²) in [6.07, 6.45) is 5.12. The zero-order valence-electron chi connectivity index (χ0n) is 15.3. The van der Waals surface area contributed by atoms with E-state index < -0.39 is 5.79 Å². The van der Waals surface area contributed by atoms with Gasteiger partial charge in [-0.3, -0.25) is 0 Å². The summed E-state index contributed by atoms with van der Waals surface area (Å²) in [5.74, 6) is -1.89. The lowest BCUT2D eigenvalue weighted by molar-refractivity contribution is -0.0815. The van der Waals surface area contributed by atoms with Crippen LogP contribution in [0.1, 0.15) is 41.5 Å². The van der Waals surface area contributed by atoms with Crippen molar-refractivity contribution in [2.45, 2.75) is 52.2 Å². The van der Waals surface area contributed by atoms with Gasteiger partial charge in [-0.1, -0.05) is 87.4 Å². The zero-order chi connectivity index (χ0) is 18.2. The van der Waals surface area contributed by atoms with E-state index in [1.165, 1.54) is 6.08 Å². The maximum absolute atomic E-state index is 10.2. The number of allylic oxidation sites excluding steroid dienone is 2. The number of benzene rings is 1. The lowest BCUT2D eigenvalue weighted by atomic mass is 9.52. The standard InChI is InChI=1S/C20H28O2S2/c1-17(2,3)20(18(4,5)6)13-12-19(21,22)14-16(20)24-23-15-10-8-7-9-11-15/h7-14,21-22H,1-6H3. The van der Waals surface area contributed by atoms with Gasteiger partial charge in [-0.25, -0.2) is 0 Å². The van der Waals surface area contributed by atoms with Gasteiger partial charge >= 0.3 is 0 Å². The third-order valence-corrected chi connectivity index (χ3v) is 7.18. The Bertz CT molecular complexity index is 618. The fourth-order valence-electron chi connectivity index (χ4n) is 3.71. The van der Waals surface area contributed by atoms with E-state index in [0.717, 1.165) is 9.80 Å². The molecule has 4 heteroatoms. The monoisotopic (exact) mass is 364 g/mol. The van der Waals surface area contributed by atoms with Crippen LogP contribution in [-0.4, -0.2) is 16.0 Å². The van der Waals surface area contributed by atoms with Crippen LogP contribution in [0.3, 0.4) is 0 Å². The van der Waals surface area contributed by atoms with E-state index in [2.05, 4.69) is 53.7 Å². The molecule has 0 saturated carbocycles. The molecule has 0 aromatic heterocycles. The number of rotatable bonds is 3. The number of hydrogen-bond donors (Lipinski definition) is 2. The van der Waals surface area contributed by atoms with Gasteiger partial charge in [0.15, 0.2) is 0 Å². The van der Waals surface area contributed by atoms with Crippen LogP contribution in [0, 0.1) is 16.2 Å². The molecule has 1 aliphatic rings. The maximum atomic E-state index is 10.2. The summed E-state index contributed by atoms with van der Waals surface area (Å²) < 4.78 is 0. The molecular formula is C20H28O2S2. The highest BCUT2D eigenvalue weighted by Crippen LogP contribution is 2.63. The second-order valence-electron chi connectivity index (χ2n) is 8.41. The van der Waals surface area contributed by atoms with Crippen LogP contribution in [0.2, 0.25) is 0 Å². The van der Waals surface area contributed by atoms with Crippen LogP contribution < -0.4 is 0 Å². The molecule has 0 bridgehead atoms. The molecule has 0 radical (unpaired) electrons. The van der Waals surface area contributed by atoms with Crippen molar-refractivity contribution < 1.29 is 10.2 Å². The predicted molar refractivity (Wildman–Crippen MR) is 106 cm³/mol. The van der Waals surface area contributed by atoms with Crippen molar-refractivity contribution in [1.82, 2.24) is 0 Å². The molecule has 2 rings (SSSR count). The van der Waals surface area contributed by atoms with Crippen molar-refractivity contribution in [2.24, 2.45) is 16.2 Å². The molecule has 0 spiro atoms. The van der Waals surface area contributed by atoms with E-state index in [1.54, 1.807) is 27.7 Å². The van der Waals surface area contributed by atoms with E-state index in [1.807, 2.05) is 24.3 Å². The smallest absolute Gasteiger partial charge is 0.204 e. The summed E-state index contributed by atoms with van der Waals surface area (Å²) in [7, 11) is 3.27. The summed E-state index contributed by atoms with van der Waals surface area (Å²) >= 11 is 0. The Hall–Kier alpha value is -0.680. The molecule has 0 unspecified atom stereocenters.